The van der Waals surface area contributed by atoms with Crippen molar-refractivity contribution in [3.8, 4) is 0 Å². The summed E-state index contributed by atoms with van der Waals surface area (Å²) in [5, 5.41) is 5.81. The number of hydrogen-bond donors (Lipinski definition) is 2. The Morgan fingerprint density at radius 1 is 1.12 bits per heavy atom. The van der Waals surface area contributed by atoms with Gasteiger partial charge in [-0.1, -0.05) is 42.5 Å². The number of benzene rings is 1. The molecule has 2 amide bonds. The number of amides is 2. The lowest BCUT2D eigenvalue weighted by atomic mass is 9.89. The van der Waals surface area contributed by atoms with E-state index < -0.39 is 18.5 Å². The molecule has 0 spiro atoms. The molecule has 2 N–H and O–H groups in total. The lowest BCUT2D eigenvalue weighted by Crippen LogP contribution is -2.36. The Balaban J connectivity index is 1.68. The third kappa shape index (κ3) is 6.55. The Hall–Kier alpha value is -1.79. The zero-order valence-electron chi connectivity index (χ0n) is 13.6. The highest BCUT2D eigenvalue weighted by molar-refractivity contribution is 6.36. The second-order valence-corrected chi connectivity index (χ2v) is 6.73. The van der Waals surface area contributed by atoms with Crippen LogP contribution in [0.5, 0.6) is 0 Å². The van der Waals surface area contributed by atoms with Crippen LogP contribution >= 0.6 is 23.2 Å². The molecule has 0 bridgehead atoms. The number of anilines is 1. The second-order valence-electron chi connectivity index (χ2n) is 5.89. The van der Waals surface area contributed by atoms with Crippen LogP contribution in [0.2, 0.25) is 10.0 Å². The van der Waals surface area contributed by atoms with Gasteiger partial charge in [-0.05, 0) is 31.0 Å². The summed E-state index contributed by atoms with van der Waals surface area (Å²) in [7, 11) is 0. The molecule has 0 aliphatic heterocycles. The first-order valence-corrected chi connectivity index (χ1v) is 8.89. The van der Waals surface area contributed by atoms with Crippen LogP contribution in [-0.2, 0) is 19.1 Å². The smallest absolute Gasteiger partial charge is 0.325 e. The van der Waals surface area contributed by atoms with Crippen molar-refractivity contribution in [2.75, 3.05) is 18.5 Å². The topological polar surface area (TPSA) is 84.5 Å². The van der Waals surface area contributed by atoms with Crippen molar-refractivity contribution in [3.63, 3.8) is 0 Å². The van der Waals surface area contributed by atoms with E-state index in [1.54, 1.807) is 12.1 Å². The number of hydrogen-bond acceptors (Lipinski definition) is 4. The first-order valence-electron chi connectivity index (χ1n) is 8.14. The number of carbonyl (C=O) groups excluding carboxylic acids is 3. The van der Waals surface area contributed by atoms with Crippen LogP contribution in [0.15, 0.2) is 18.2 Å². The number of nitrogens with one attached hydrogen (secondary N) is 2. The van der Waals surface area contributed by atoms with Crippen LogP contribution in [0.3, 0.4) is 0 Å². The van der Waals surface area contributed by atoms with Gasteiger partial charge < -0.3 is 15.4 Å². The van der Waals surface area contributed by atoms with Gasteiger partial charge in [-0.3, -0.25) is 14.4 Å². The molecule has 1 aliphatic rings. The predicted octanol–water partition coefficient (Wildman–Crippen LogP) is 3.17. The fraction of sp³-hybridized carbons (Fsp3) is 0.471. The normalized spacial score (nSPS) is 14.6. The zero-order valence-corrected chi connectivity index (χ0v) is 15.2. The summed E-state index contributed by atoms with van der Waals surface area (Å²) in [5.41, 5.74) is 0.373. The Morgan fingerprint density at radius 3 is 2.52 bits per heavy atom. The Kier molecular flexibility index (Phi) is 7.52. The molecule has 1 aliphatic carbocycles. The molecule has 0 saturated heterocycles. The van der Waals surface area contributed by atoms with Gasteiger partial charge in [-0.15, -0.1) is 0 Å². The molecule has 0 atom stereocenters. The molecule has 1 aromatic rings. The lowest BCUT2D eigenvalue weighted by Gasteiger charge is -2.20. The van der Waals surface area contributed by atoms with E-state index in [1.807, 2.05) is 0 Å². The number of carbonyl (C=O) groups is 3. The molecule has 1 saturated carbocycles. The van der Waals surface area contributed by atoms with Crippen LogP contribution in [0.1, 0.15) is 32.1 Å². The standard InChI is InChI=1S/C17H20Cl2N2O4/c18-12-6-7-14(13(19)8-12)21-15(22)10-25-16(23)9-20-17(24)11-4-2-1-3-5-11/h6-8,11H,1-5,9-10H2,(H,20,24)(H,21,22). The van der Waals surface area contributed by atoms with E-state index in [1.165, 1.54) is 6.07 Å². The van der Waals surface area contributed by atoms with Crippen LogP contribution in [0.25, 0.3) is 0 Å². The van der Waals surface area contributed by atoms with Crippen molar-refractivity contribution < 1.29 is 19.1 Å². The summed E-state index contributed by atoms with van der Waals surface area (Å²) in [6, 6.07) is 4.62. The predicted molar refractivity (Wildman–Crippen MR) is 95.6 cm³/mol. The van der Waals surface area contributed by atoms with Crippen molar-refractivity contribution in [1.82, 2.24) is 5.32 Å². The van der Waals surface area contributed by atoms with E-state index in [9.17, 15) is 14.4 Å². The highest BCUT2D eigenvalue weighted by Gasteiger charge is 2.21. The molecular weight excluding hydrogens is 367 g/mol. The summed E-state index contributed by atoms with van der Waals surface area (Å²) in [6.07, 6.45) is 4.93. The summed E-state index contributed by atoms with van der Waals surface area (Å²) >= 11 is 11.7. The van der Waals surface area contributed by atoms with Crippen LogP contribution in [0, 0.1) is 5.92 Å². The molecule has 136 valence electrons. The van der Waals surface area contributed by atoms with Crippen molar-refractivity contribution >= 4 is 46.7 Å². The van der Waals surface area contributed by atoms with E-state index in [2.05, 4.69) is 10.6 Å². The van der Waals surface area contributed by atoms with Gasteiger partial charge in [0.05, 0.1) is 10.7 Å². The van der Waals surface area contributed by atoms with Gasteiger partial charge in [-0.25, -0.2) is 0 Å². The first-order chi connectivity index (χ1) is 12.0. The Labute approximate surface area is 156 Å². The second kappa shape index (κ2) is 9.63. The maximum absolute atomic E-state index is 11.9. The van der Waals surface area contributed by atoms with Crippen LogP contribution in [0.4, 0.5) is 5.69 Å². The van der Waals surface area contributed by atoms with Gasteiger partial charge in [0.15, 0.2) is 6.61 Å². The first kappa shape index (κ1) is 19.5. The molecule has 0 radical (unpaired) electrons. The summed E-state index contributed by atoms with van der Waals surface area (Å²) in [5.74, 6) is -1.36. The number of esters is 1. The molecule has 0 heterocycles. The third-order valence-corrected chi connectivity index (χ3v) is 4.50. The van der Waals surface area contributed by atoms with Crippen molar-refractivity contribution in [2.24, 2.45) is 5.92 Å². The largest absolute Gasteiger partial charge is 0.454 e. The van der Waals surface area contributed by atoms with Gasteiger partial charge in [0, 0.05) is 10.9 Å². The average Bonchev–Trinajstić information content (AvgIpc) is 2.61. The van der Waals surface area contributed by atoms with E-state index in [0.717, 1.165) is 32.1 Å². The van der Waals surface area contributed by atoms with Crippen molar-refractivity contribution in [3.05, 3.63) is 28.2 Å². The van der Waals surface area contributed by atoms with Gasteiger partial charge in [-0.2, -0.15) is 0 Å². The number of ether oxygens (including phenoxy) is 1. The quantitative estimate of drug-likeness (QED) is 0.735. The maximum Gasteiger partial charge on any atom is 0.325 e. The van der Waals surface area contributed by atoms with E-state index in [-0.39, 0.29) is 23.4 Å². The van der Waals surface area contributed by atoms with Gasteiger partial charge >= 0.3 is 5.97 Å². The SMILES string of the molecule is O=C(COC(=O)CNC(=O)C1CCCCC1)Nc1ccc(Cl)cc1Cl. The fourth-order valence-corrected chi connectivity index (χ4v) is 3.10. The molecule has 8 heteroatoms. The maximum atomic E-state index is 11.9. The fourth-order valence-electron chi connectivity index (χ4n) is 2.64. The lowest BCUT2D eigenvalue weighted by molar-refractivity contribution is -0.147. The molecule has 1 aromatic carbocycles. The number of rotatable bonds is 6. The molecular formula is C17H20Cl2N2O4. The molecule has 0 aromatic heterocycles. The third-order valence-electron chi connectivity index (χ3n) is 3.95. The Morgan fingerprint density at radius 2 is 1.84 bits per heavy atom. The monoisotopic (exact) mass is 386 g/mol. The molecule has 2 rings (SSSR count). The molecule has 6 nitrogen and oxygen atoms in total. The summed E-state index contributed by atoms with van der Waals surface area (Å²) in [4.78, 5) is 35.3. The van der Waals surface area contributed by atoms with Crippen LogP contribution < -0.4 is 10.6 Å². The summed E-state index contributed by atoms with van der Waals surface area (Å²) in [6.45, 7) is -0.707. The van der Waals surface area contributed by atoms with Gasteiger partial charge in [0.25, 0.3) is 5.91 Å². The molecule has 0 unspecified atom stereocenters. The van der Waals surface area contributed by atoms with Crippen molar-refractivity contribution in [2.45, 2.75) is 32.1 Å². The Bertz CT molecular complexity index is 646. The van der Waals surface area contributed by atoms with Gasteiger partial charge in [0.1, 0.15) is 6.54 Å². The highest BCUT2D eigenvalue weighted by Crippen LogP contribution is 2.25. The zero-order chi connectivity index (χ0) is 18.2. The van der Waals surface area contributed by atoms with E-state index >= 15 is 0 Å². The van der Waals surface area contributed by atoms with Gasteiger partial charge in [0.2, 0.25) is 5.91 Å². The van der Waals surface area contributed by atoms with Crippen LogP contribution in [-0.4, -0.2) is 30.9 Å². The minimum absolute atomic E-state index is 0.0307. The average molecular weight is 387 g/mol. The minimum atomic E-state index is -0.665. The van der Waals surface area contributed by atoms with E-state index in [4.69, 9.17) is 27.9 Å². The van der Waals surface area contributed by atoms with E-state index in [0.29, 0.717) is 10.7 Å². The highest BCUT2D eigenvalue weighted by atomic mass is 35.5. The molecule has 25 heavy (non-hydrogen) atoms. The summed E-state index contributed by atoms with van der Waals surface area (Å²) < 4.78 is 4.84. The minimum Gasteiger partial charge on any atom is -0.454 e. The number of halogens is 2. The molecule has 1 fully saturated rings. The van der Waals surface area contributed by atoms with Crippen molar-refractivity contribution in [1.29, 1.82) is 0 Å².